The van der Waals surface area contributed by atoms with Gasteiger partial charge in [-0.2, -0.15) is 0 Å². The molecule has 0 aliphatic heterocycles. The first-order valence-corrected chi connectivity index (χ1v) is 11.5. The molecule has 0 atom stereocenters. The maximum atomic E-state index is 4.89. The zero-order valence-corrected chi connectivity index (χ0v) is 14.6. The summed E-state index contributed by atoms with van der Waals surface area (Å²) < 4.78 is 0. The Morgan fingerprint density at radius 2 is 1.00 bits per heavy atom. The molecule has 0 bridgehead atoms. The summed E-state index contributed by atoms with van der Waals surface area (Å²) in [6.07, 6.45) is 14.9. The molecule has 2 aliphatic rings. The molecule has 3 heteroatoms. The van der Waals surface area contributed by atoms with Gasteiger partial charge in [-0.25, -0.2) is 0 Å². The number of halogens is 2. The third-order valence-electron chi connectivity index (χ3n) is 4.10. The monoisotopic (exact) mass is 314 g/mol. The van der Waals surface area contributed by atoms with Crippen LogP contribution in [-0.2, 0) is 17.0 Å². The van der Waals surface area contributed by atoms with Crippen LogP contribution in [0, 0.1) is 11.8 Å². The fourth-order valence-electron chi connectivity index (χ4n) is 2.84. The second-order valence-corrected chi connectivity index (χ2v) is 7.77. The van der Waals surface area contributed by atoms with Gasteiger partial charge in [0.1, 0.15) is 0 Å². The van der Waals surface area contributed by atoms with Gasteiger partial charge < -0.3 is 0 Å². The normalized spacial score (nSPS) is 20.2. The third kappa shape index (κ3) is 10.9. The first kappa shape index (κ1) is 18.3. The van der Waals surface area contributed by atoms with Crippen LogP contribution in [0.2, 0.25) is 0 Å². The van der Waals surface area contributed by atoms with Gasteiger partial charge in [0, 0.05) is 0 Å². The molecule has 17 heavy (non-hydrogen) atoms. The Labute approximate surface area is 125 Å². The van der Waals surface area contributed by atoms with Gasteiger partial charge in [0.05, 0.1) is 0 Å². The van der Waals surface area contributed by atoms with Crippen molar-refractivity contribution in [3.05, 3.63) is 0 Å². The van der Waals surface area contributed by atoms with Crippen molar-refractivity contribution in [2.75, 3.05) is 0 Å². The van der Waals surface area contributed by atoms with E-state index in [1.807, 2.05) is 0 Å². The number of hydrogen-bond donors (Lipinski definition) is 0. The predicted octanol–water partition coefficient (Wildman–Crippen LogP) is 6.55. The molecular weight excluding hydrogens is 287 g/mol. The van der Waals surface area contributed by atoms with E-state index in [-0.39, 0.29) is 0 Å². The molecule has 0 N–H and O–H groups in total. The number of hydrogen-bond acceptors (Lipinski definition) is 0. The molecule has 0 radical (unpaired) electrons. The van der Waals surface area contributed by atoms with Crippen LogP contribution >= 0.6 is 18.6 Å². The molecule has 0 amide bonds. The van der Waals surface area contributed by atoms with Gasteiger partial charge in [0.15, 0.2) is 0 Å². The van der Waals surface area contributed by atoms with Crippen LogP contribution in [0.3, 0.4) is 0 Å². The van der Waals surface area contributed by atoms with Crippen LogP contribution in [0.15, 0.2) is 0 Å². The molecule has 102 valence electrons. The topological polar surface area (TPSA) is 0 Å². The minimum absolute atomic E-state index is 0.556. The van der Waals surface area contributed by atoms with Crippen molar-refractivity contribution in [1.82, 2.24) is 0 Å². The molecule has 0 aromatic rings. The van der Waals surface area contributed by atoms with E-state index in [0.29, 0.717) is 0 Å². The molecule has 2 rings (SSSR count). The molecular formula is C14H28Cl2Ti. The van der Waals surface area contributed by atoms with E-state index in [0.717, 1.165) is 11.8 Å². The molecule has 0 heterocycles. The molecule has 0 saturated heterocycles. The van der Waals surface area contributed by atoms with Crippen molar-refractivity contribution in [2.45, 2.75) is 78.1 Å². The maximum absolute atomic E-state index is 4.89. The zero-order valence-electron chi connectivity index (χ0n) is 11.5. The Hall–Kier alpha value is 1.29. The van der Waals surface area contributed by atoms with E-state index in [1.165, 1.54) is 64.2 Å². The molecule has 2 saturated carbocycles. The average molecular weight is 315 g/mol. The summed E-state index contributed by atoms with van der Waals surface area (Å²) in [6, 6.07) is 0. The van der Waals surface area contributed by atoms with E-state index >= 15 is 0 Å². The van der Waals surface area contributed by atoms with Crippen molar-refractivity contribution >= 4 is 18.6 Å². The fraction of sp³-hybridized carbons (Fsp3) is 1.00. The summed E-state index contributed by atoms with van der Waals surface area (Å²) in [5.41, 5.74) is 0. The molecule has 0 spiro atoms. The van der Waals surface area contributed by atoms with Gasteiger partial charge >= 0.3 is 35.6 Å². The molecule has 0 aromatic heterocycles. The van der Waals surface area contributed by atoms with Crippen LogP contribution in [0.25, 0.3) is 0 Å². The van der Waals surface area contributed by atoms with Crippen molar-refractivity contribution in [1.29, 1.82) is 0 Å². The molecule has 2 aliphatic carbocycles. The second-order valence-electron chi connectivity index (χ2n) is 5.19. The van der Waals surface area contributed by atoms with E-state index in [2.05, 4.69) is 13.8 Å². The van der Waals surface area contributed by atoms with Gasteiger partial charge in [-0.3, -0.25) is 0 Å². The second kappa shape index (κ2) is 13.7. The quantitative estimate of drug-likeness (QED) is 0.507. The zero-order chi connectivity index (χ0) is 12.9. The van der Waals surface area contributed by atoms with Gasteiger partial charge in [-0.1, -0.05) is 78.1 Å². The Balaban J connectivity index is 0.000000247. The Morgan fingerprint density at radius 3 is 1.12 bits per heavy atom. The Morgan fingerprint density at radius 1 is 0.765 bits per heavy atom. The summed E-state index contributed by atoms with van der Waals surface area (Å²) in [4.78, 5) is 0. The van der Waals surface area contributed by atoms with E-state index in [1.54, 1.807) is 0 Å². The van der Waals surface area contributed by atoms with E-state index < -0.39 is 17.0 Å². The van der Waals surface area contributed by atoms with Crippen molar-refractivity contribution in [2.24, 2.45) is 11.8 Å². The van der Waals surface area contributed by atoms with Crippen LogP contribution < -0.4 is 0 Å². The standard InChI is InChI=1S/2C7H14.2ClH.Ti/c2*1-2-7-5-3-4-6-7;;;/h2*7H,2-6H2,1H3;2*1H;/q;;;;+2/p-2. The van der Waals surface area contributed by atoms with Crippen LogP contribution in [0.5, 0.6) is 0 Å². The summed E-state index contributed by atoms with van der Waals surface area (Å²) in [5.74, 6) is 2.19. The molecule has 0 unspecified atom stereocenters. The molecule has 0 aromatic carbocycles. The van der Waals surface area contributed by atoms with Gasteiger partial charge in [-0.05, 0) is 11.8 Å². The Bertz CT molecular complexity index is 125. The first-order valence-electron chi connectivity index (χ1n) is 7.24. The van der Waals surface area contributed by atoms with Gasteiger partial charge in [0.25, 0.3) is 0 Å². The predicted molar refractivity (Wildman–Crippen MR) is 76.2 cm³/mol. The van der Waals surface area contributed by atoms with Crippen molar-refractivity contribution in [3.63, 3.8) is 0 Å². The number of rotatable bonds is 2. The first-order chi connectivity index (χ1) is 8.28. The van der Waals surface area contributed by atoms with Crippen LogP contribution in [-0.4, -0.2) is 0 Å². The minimum atomic E-state index is -0.556. The van der Waals surface area contributed by atoms with Crippen molar-refractivity contribution in [3.8, 4) is 0 Å². The van der Waals surface area contributed by atoms with Crippen LogP contribution in [0.4, 0.5) is 0 Å². The summed E-state index contributed by atoms with van der Waals surface area (Å²) in [6.45, 7) is 4.60. The van der Waals surface area contributed by atoms with Gasteiger partial charge in [-0.15, -0.1) is 0 Å². The van der Waals surface area contributed by atoms with E-state index in [9.17, 15) is 0 Å². The fourth-order valence-corrected chi connectivity index (χ4v) is 2.84. The third-order valence-corrected chi connectivity index (χ3v) is 4.10. The molecule has 0 nitrogen and oxygen atoms in total. The summed E-state index contributed by atoms with van der Waals surface area (Å²) in [5, 5.41) is 0. The Kier molecular flexibility index (Phi) is 14.8. The summed E-state index contributed by atoms with van der Waals surface area (Å²) >= 11 is -0.556. The van der Waals surface area contributed by atoms with Crippen LogP contribution in [0.1, 0.15) is 78.1 Å². The van der Waals surface area contributed by atoms with Gasteiger partial charge in [0.2, 0.25) is 0 Å². The molecule has 2 fully saturated rings. The van der Waals surface area contributed by atoms with E-state index in [4.69, 9.17) is 18.6 Å². The summed E-state index contributed by atoms with van der Waals surface area (Å²) in [7, 11) is 9.78. The van der Waals surface area contributed by atoms with Crippen molar-refractivity contribution < 1.29 is 17.0 Å². The SMILES string of the molecule is CCC1CCCC1.CCC1CCCC1.[Cl][Ti][Cl]. The average Bonchev–Trinajstić information content (AvgIpc) is 3.04.